The van der Waals surface area contributed by atoms with Gasteiger partial charge >= 0.3 is 0 Å². The Morgan fingerprint density at radius 3 is 2.54 bits per heavy atom. The van der Waals surface area contributed by atoms with Gasteiger partial charge < -0.3 is 4.74 Å². The van der Waals surface area contributed by atoms with Crippen molar-refractivity contribution in [1.82, 2.24) is 10.2 Å². The van der Waals surface area contributed by atoms with E-state index in [4.69, 9.17) is 4.74 Å². The van der Waals surface area contributed by atoms with Gasteiger partial charge in [0.2, 0.25) is 0 Å². The molecule has 0 saturated carbocycles. The zero-order valence-corrected chi connectivity index (χ0v) is 23.2. The minimum absolute atomic E-state index is 0.0842. The fraction of sp³-hybridized carbons (Fsp3) is 0.323. The smallest absolute Gasteiger partial charge is 0.272 e. The number of ketones is 1. The van der Waals surface area contributed by atoms with Crippen molar-refractivity contribution >= 4 is 27.9 Å². The molecule has 37 heavy (non-hydrogen) atoms. The highest BCUT2D eigenvalue weighted by Crippen LogP contribution is 2.40. The lowest BCUT2D eigenvalue weighted by Gasteiger charge is -2.15. The summed E-state index contributed by atoms with van der Waals surface area (Å²) in [4.78, 5) is 26.6. The van der Waals surface area contributed by atoms with Gasteiger partial charge in [-0.05, 0) is 84.0 Å². The fourth-order valence-corrected chi connectivity index (χ4v) is 5.65. The molecule has 2 atom stereocenters. The van der Waals surface area contributed by atoms with E-state index in [0.717, 1.165) is 50.9 Å². The first-order chi connectivity index (χ1) is 17.8. The van der Waals surface area contributed by atoms with Crippen molar-refractivity contribution in [3.8, 4) is 28.1 Å². The van der Waals surface area contributed by atoms with Crippen LogP contribution in [-0.2, 0) is 0 Å². The van der Waals surface area contributed by atoms with Crippen molar-refractivity contribution in [2.45, 2.75) is 53.4 Å². The molecule has 6 heteroatoms. The van der Waals surface area contributed by atoms with Crippen molar-refractivity contribution in [3.63, 3.8) is 0 Å². The molecule has 0 radical (unpaired) electrons. The number of aromatic amines is 1. The molecule has 4 rings (SSSR count). The van der Waals surface area contributed by atoms with Gasteiger partial charge in [-0.2, -0.15) is 5.10 Å². The number of nitrogens with zero attached hydrogens (tertiary/aromatic N) is 1. The van der Waals surface area contributed by atoms with Crippen molar-refractivity contribution in [2.75, 3.05) is 7.11 Å². The molecule has 2 heterocycles. The lowest BCUT2D eigenvalue weighted by Crippen LogP contribution is -2.09. The molecule has 0 amide bonds. The average Bonchev–Trinajstić information content (AvgIpc) is 3.37. The van der Waals surface area contributed by atoms with Crippen LogP contribution in [0.25, 0.3) is 33.2 Å². The molecule has 0 saturated heterocycles. The van der Waals surface area contributed by atoms with Gasteiger partial charge in [-0.1, -0.05) is 51.5 Å². The number of fused-ring (bicyclic) bond motifs is 1. The number of ether oxygens (including phenoxy) is 1. The van der Waals surface area contributed by atoms with Gasteiger partial charge in [-0.15, -0.1) is 11.3 Å². The van der Waals surface area contributed by atoms with Crippen LogP contribution in [0.15, 0.2) is 64.3 Å². The summed E-state index contributed by atoms with van der Waals surface area (Å²) in [5.41, 5.74) is 5.64. The van der Waals surface area contributed by atoms with Gasteiger partial charge in [0.25, 0.3) is 5.56 Å². The maximum Gasteiger partial charge on any atom is 0.272 e. The quantitative estimate of drug-likeness (QED) is 0.181. The number of nitrogens with one attached hydrogen (secondary N) is 1. The molecule has 0 fully saturated rings. The zero-order valence-electron chi connectivity index (χ0n) is 22.3. The number of carbonyl (C=O) groups is 1. The highest BCUT2D eigenvalue weighted by atomic mass is 32.1. The summed E-state index contributed by atoms with van der Waals surface area (Å²) < 4.78 is 5.40. The molecule has 2 aromatic carbocycles. The van der Waals surface area contributed by atoms with E-state index in [2.05, 4.69) is 55.4 Å². The Morgan fingerprint density at radius 2 is 1.84 bits per heavy atom. The van der Waals surface area contributed by atoms with Crippen LogP contribution < -0.4 is 10.3 Å². The Morgan fingerprint density at radius 1 is 1.08 bits per heavy atom. The van der Waals surface area contributed by atoms with Crippen LogP contribution in [-0.4, -0.2) is 23.1 Å². The van der Waals surface area contributed by atoms with Crippen LogP contribution in [0.4, 0.5) is 0 Å². The van der Waals surface area contributed by atoms with Crippen LogP contribution in [0.2, 0.25) is 0 Å². The van der Waals surface area contributed by atoms with Crippen LogP contribution in [0, 0.1) is 5.92 Å². The van der Waals surface area contributed by atoms with E-state index in [0.29, 0.717) is 22.7 Å². The van der Waals surface area contributed by atoms with E-state index >= 15 is 0 Å². The highest BCUT2D eigenvalue weighted by Gasteiger charge is 2.22. The van der Waals surface area contributed by atoms with Crippen molar-refractivity contribution in [1.29, 1.82) is 0 Å². The third kappa shape index (κ3) is 5.30. The van der Waals surface area contributed by atoms with E-state index < -0.39 is 0 Å². The van der Waals surface area contributed by atoms with E-state index in [1.54, 1.807) is 19.2 Å². The predicted octanol–water partition coefficient (Wildman–Crippen LogP) is 8.02. The summed E-state index contributed by atoms with van der Waals surface area (Å²) in [6.07, 6.45) is 3.76. The lowest BCUT2D eigenvalue weighted by molar-refractivity contribution is 0.104. The Balaban J connectivity index is 1.84. The molecule has 0 aliphatic carbocycles. The SMILES string of the molecule is CCC(C)/C(C)=C/C(=O)c1scc(-c2cccc(-c3n[nH]c(=O)c4ccc(OC)cc34)c2)c1C(C)CC. The predicted molar refractivity (Wildman–Crippen MR) is 154 cm³/mol. The summed E-state index contributed by atoms with van der Waals surface area (Å²) in [6, 6.07) is 13.5. The molecular weight excluding hydrogens is 480 g/mol. The molecule has 0 bridgehead atoms. The molecule has 4 aromatic rings. The summed E-state index contributed by atoms with van der Waals surface area (Å²) in [5.74, 6) is 1.36. The third-order valence-corrected chi connectivity index (χ3v) is 8.36. The monoisotopic (exact) mass is 514 g/mol. The second kappa shape index (κ2) is 11.3. The first-order valence-corrected chi connectivity index (χ1v) is 13.7. The van der Waals surface area contributed by atoms with Crippen molar-refractivity contribution in [3.05, 3.63) is 80.3 Å². The number of rotatable bonds is 9. The van der Waals surface area contributed by atoms with Gasteiger partial charge in [0, 0.05) is 10.9 Å². The molecule has 1 N–H and O–H groups in total. The van der Waals surface area contributed by atoms with Gasteiger partial charge in [-0.3, -0.25) is 9.59 Å². The number of methoxy groups -OCH3 is 1. The number of H-pyrrole nitrogens is 1. The van der Waals surface area contributed by atoms with Gasteiger partial charge in [0.1, 0.15) is 5.75 Å². The molecule has 0 aliphatic rings. The third-order valence-electron chi connectivity index (χ3n) is 7.35. The van der Waals surface area contributed by atoms with E-state index in [1.807, 2.05) is 31.2 Å². The topological polar surface area (TPSA) is 72.0 Å². The van der Waals surface area contributed by atoms with Gasteiger partial charge in [-0.25, -0.2) is 5.10 Å². The number of hydrogen-bond donors (Lipinski definition) is 1. The highest BCUT2D eigenvalue weighted by molar-refractivity contribution is 7.13. The van der Waals surface area contributed by atoms with Crippen molar-refractivity contribution in [2.24, 2.45) is 5.92 Å². The normalized spacial score (nSPS) is 13.5. The van der Waals surface area contributed by atoms with E-state index in [1.165, 1.54) is 11.3 Å². The molecule has 192 valence electrons. The second-order valence-electron chi connectivity index (χ2n) is 9.66. The number of aromatic nitrogens is 2. The Bertz CT molecular complexity index is 1530. The maximum atomic E-state index is 13.4. The molecule has 2 aromatic heterocycles. The number of thiophene rings is 1. The van der Waals surface area contributed by atoms with Gasteiger partial charge in [0.05, 0.1) is 23.1 Å². The lowest BCUT2D eigenvalue weighted by atomic mass is 9.89. The van der Waals surface area contributed by atoms with Crippen molar-refractivity contribution < 1.29 is 9.53 Å². The zero-order chi connectivity index (χ0) is 26.7. The number of benzene rings is 2. The van der Waals surface area contributed by atoms with E-state index in [9.17, 15) is 9.59 Å². The van der Waals surface area contributed by atoms with Crippen LogP contribution in [0.5, 0.6) is 5.75 Å². The molecule has 0 spiro atoms. The standard InChI is InChI=1S/C31H34N2O3S/c1-7-18(3)20(5)14-27(34)30-28(19(4)8-2)26(17-37-30)21-10-9-11-22(15-21)29-25-16-23(36-6)12-13-24(25)31(35)33-32-29/h9-19H,7-8H2,1-6H3,(H,33,35)/b20-14+. The average molecular weight is 515 g/mol. The first-order valence-electron chi connectivity index (χ1n) is 12.8. The van der Waals surface area contributed by atoms with Crippen LogP contribution in [0.3, 0.4) is 0 Å². The summed E-state index contributed by atoms with van der Waals surface area (Å²) in [7, 11) is 1.60. The molecule has 2 unspecified atom stereocenters. The maximum absolute atomic E-state index is 13.4. The van der Waals surface area contributed by atoms with E-state index in [-0.39, 0.29) is 17.3 Å². The minimum atomic E-state index is -0.238. The minimum Gasteiger partial charge on any atom is -0.497 e. The summed E-state index contributed by atoms with van der Waals surface area (Å²) in [6.45, 7) is 10.7. The summed E-state index contributed by atoms with van der Waals surface area (Å²) >= 11 is 1.52. The Labute approximate surface area is 222 Å². The molecule has 0 aliphatic heterocycles. The number of hydrogen-bond acceptors (Lipinski definition) is 5. The number of carbonyl (C=O) groups excluding carboxylic acids is 1. The molecular formula is C31H34N2O3S. The van der Waals surface area contributed by atoms with Crippen LogP contribution >= 0.6 is 11.3 Å². The largest absolute Gasteiger partial charge is 0.497 e. The fourth-order valence-electron chi connectivity index (χ4n) is 4.54. The second-order valence-corrected chi connectivity index (χ2v) is 10.5. The van der Waals surface area contributed by atoms with Gasteiger partial charge in [0.15, 0.2) is 5.78 Å². The summed E-state index contributed by atoms with van der Waals surface area (Å²) in [5, 5.41) is 10.4. The molecule has 5 nitrogen and oxygen atoms in total. The Hall–Kier alpha value is -3.51. The Kier molecular flexibility index (Phi) is 8.08. The number of allylic oxidation sites excluding steroid dienone is 2. The van der Waals surface area contributed by atoms with Crippen LogP contribution in [0.1, 0.15) is 68.6 Å². The first kappa shape index (κ1) is 26.6.